The SMILES string of the molecule is Cc1ccc2c(c1)c1cc(C)ccc1n2-c1ccc(-c2ccc(-c3cccc4sc5ccccc5c34)cc2)cc1. The molecule has 0 fully saturated rings. The second-order valence-corrected chi connectivity index (χ2v) is 11.9. The van der Waals surface area contributed by atoms with Crippen molar-refractivity contribution in [3.8, 4) is 27.9 Å². The summed E-state index contributed by atoms with van der Waals surface area (Å²) in [5.74, 6) is 0. The van der Waals surface area contributed by atoms with Gasteiger partial charge in [-0.25, -0.2) is 0 Å². The van der Waals surface area contributed by atoms with Crippen LogP contribution in [0.5, 0.6) is 0 Å². The zero-order valence-corrected chi connectivity index (χ0v) is 23.3. The number of hydrogen-bond donors (Lipinski definition) is 0. The van der Waals surface area contributed by atoms with Crippen LogP contribution in [0.25, 0.3) is 69.9 Å². The maximum atomic E-state index is 2.39. The zero-order chi connectivity index (χ0) is 26.8. The van der Waals surface area contributed by atoms with Gasteiger partial charge < -0.3 is 4.57 Å². The van der Waals surface area contributed by atoms with E-state index in [0.717, 1.165) is 0 Å². The third kappa shape index (κ3) is 3.61. The van der Waals surface area contributed by atoms with E-state index in [-0.39, 0.29) is 0 Å². The number of rotatable bonds is 3. The van der Waals surface area contributed by atoms with Crippen molar-refractivity contribution in [3.05, 3.63) is 139 Å². The van der Waals surface area contributed by atoms with Gasteiger partial charge in [0.05, 0.1) is 11.0 Å². The van der Waals surface area contributed by atoms with Crippen molar-refractivity contribution >= 4 is 53.3 Å². The summed E-state index contributed by atoms with van der Waals surface area (Å²) in [4.78, 5) is 0. The second-order valence-electron chi connectivity index (χ2n) is 10.8. The summed E-state index contributed by atoms with van der Waals surface area (Å²) in [7, 11) is 0. The van der Waals surface area contributed by atoms with Gasteiger partial charge >= 0.3 is 0 Å². The second kappa shape index (κ2) is 8.94. The van der Waals surface area contributed by atoms with Crippen LogP contribution in [-0.2, 0) is 0 Å². The van der Waals surface area contributed by atoms with Gasteiger partial charge in [-0.05, 0) is 84.6 Å². The lowest BCUT2D eigenvalue weighted by molar-refractivity contribution is 1.18. The average molecular weight is 530 g/mol. The number of fused-ring (bicyclic) bond motifs is 6. The first-order valence-corrected chi connectivity index (χ1v) is 14.6. The van der Waals surface area contributed by atoms with Gasteiger partial charge in [-0.1, -0.05) is 90.0 Å². The van der Waals surface area contributed by atoms with E-state index in [0.29, 0.717) is 0 Å². The summed E-state index contributed by atoms with van der Waals surface area (Å²) >= 11 is 1.87. The summed E-state index contributed by atoms with van der Waals surface area (Å²) in [6.45, 7) is 4.34. The summed E-state index contributed by atoms with van der Waals surface area (Å²) < 4.78 is 5.08. The molecule has 190 valence electrons. The van der Waals surface area contributed by atoms with Crippen molar-refractivity contribution < 1.29 is 0 Å². The molecule has 0 amide bonds. The lowest BCUT2D eigenvalue weighted by Crippen LogP contribution is -1.94. The summed E-state index contributed by atoms with van der Waals surface area (Å²) in [6.07, 6.45) is 0. The van der Waals surface area contributed by atoms with Crippen LogP contribution in [0.4, 0.5) is 0 Å². The van der Waals surface area contributed by atoms with Gasteiger partial charge in [0.1, 0.15) is 0 Å². The van der Waals surface area contributed by atoms with Crippen LogP contribution >= 0.6 is 11.3 Å². The quantitative estimate of drug-likeness (QED) is 0.214. The maximum Gasteiger partial charge on any atom is 0.0541 e. The summed E-state index contributed by atoms with van der Waals surface area (Å²) in [6, 6.07) is 47.0. The molecule has 0 atom stereocenters. The van der Waals surface area contributed by atoms with Crippen LogP contribution in [0, 0.1) is 13.8 Å². The fourth-order valence-corrected chi connectivity index (χ4v) is 7.32. The predicted octanol–water partition coefficient (Wildman–Crippen LogP) is 11.1. The minimum Gasteiger partial charge on any atom is -0.309 e. The molecule has 8 aromatic rings. The van der Waals surface area contributed by atoms with E-state index in [2.05, 4.69) is 146 Å². The van der Waals surface area contributed by atoms with Crippen LogP contribution < -0.4 is 0 Å². The lowest BCUT2D eigenvalue weighted by atomic mass is 9.97. The Hall–Kier alpha value is -4.66. The predicted molar refractivity (Wildman–Crippen MR) is 174 cm³/mol. The first kappa shape index (κ1) is 23.2. The minimum atomic E-state index is 1.18. The van der Waals surface area contributed by atoms with Crippen molar-refractivity contribution in [1.82, 2.24) is 4.57 Å². The molecular weight excluding hydrogens is 502 g/mol. The highest BCUT2D eigenvalue weighted by Gasteiger charge is 2.14. The van der Waals surface area contributed by atoms with Gasteiger partial charge in [0.25, 0.3) is 0 Å². The lowest BCUT2D eigenvalue weighted by Gasteiger charge is -2.10. The molecule has 2 heterocycles. The zero-order valence-electron chi connectivity index (χ0n) is 22.5. The normalized spacial score (nSPS) is 11.8. The number of thiophene rings is 1. The standard InChI is InChI=1S/C38H27NS/c1-24-10-20-34-32(22-24)33-23-25(2)11-21-35(33)39(34)29-18-16-27(17-19-29)26-12-14-28(15-13-26)30-7-5-9-37-38(30)31-6-3-4-8-36(31)40-37/h3-23H,1-2H3. The third-order valence-electron chi connectivity index (χ3n) is 8.13. The summed E-state index contributed by atoms with van der Waals surface area (Å²) in [5, 5.41) is 5.32. The van der Waals surface area contributed by atoms with E-state index in [1.165, 1.54) is 81.0 Å². The molecule has 8 rings (SSSR count). The van der Waals surface area contributed by atoms with E-state index < -0.39 is 0 Å². The van der Waals surface area contributed by atoms with Crippen molar-refractivity contribution in [2.75, 3.05) is 0 Å². The van der Waals surface area contributed by atoms with Crippen LogP contribution in [0.1, 0.15) is 11.1 Å². The molecule has 1 nitrogen and oxygen atoms in total. The fourth-order valence-electron chi connectivity index (χ4n) is 6.19. The van der Waals surface area contributed by atoms with Gasteiger partial charge in [0.2, 0.25) is 0 Å². The first-order valence-electron chi connectivity index (χ1n) is 13.8. The van der Waals surface area contributed by atoms with Gasteiger partial charge in [-0.3, -0.25) is 0 Å². The van der Waals surface area contributed by atoms with E-state index in [4.69, 9.17) is 0 Å². The molecule has 0 N–H and O–H groups in total. The summed E-state index contributed by atoms with van der Waals surface area (Å²) in [5.41, 5.74) is 11.3. The highest BCUT2D eigenvalue weighted by atomic mass is 32.1. The van der Waals surface area contributed by atoms with Crippen molar-refractivity contribution in [2.45, 2.75) is 13.8 Å². The molecule has 0 saturated heterocycles. The Bertz CT molecular complexity index is 2150. The molecule has 0 spiro atoms. The Morgan fingerprint density at radius 3 is 1.73 bits per heavy atom. The number of benzene rings is 6. The van der Waals surface area contributed by atoms with Crippen molar-refractivity contribution in [1.29, 1.82) is 0 Å². The molecule has 0 aliphatic heterocycles. The van der Waals surface area contributed by atoms with Crippen molar-refractivity contribution in [3.63, 3.8) is 0 Å². The smallest absolute Gasteiger partial charge is 0.0541 e. The molecular formula is C38H27NS. The van der Waals surface area contributed by atoms with E-state index in [9.17, 15) is 0 Å². The van der Waals surface area contributed by atoms with E-state index in [1.807, 2.05) is 11.3 Å². The molecule has 0 saturated carbocycles. The van der Waals surface area contributed by atoms with E-state index in [1.54, 1.807) is 0 Å². The van der Waals surface area contributed by atoms with Gasteiger partial charge in [0, 0.05) is 36.6 Å². The highest BCUT2D eigenvalue weighted by molar-refractivity contribution is 7.25. The van der Waals surface area contributed by atoms with Gasteiger partial charge in [0.15, 0.2) is 0 Å². The fraction of sp³-hybridized carbons (Fsp3) is 0.0526. The number of aromatic nitrogens is 1. The Morgan fingerprint density at radius 2 is 1.05 bits per heavy atom. The van der Waals surface area contributed by atoms with Crippen molar-refractivity contribution in [2.24, 2.45) is 0 Å². The molecule has 0 bridgehead atoms. The van der Waals surface area contributed by atoms with Crippen LogP contribution in [0.3, 0.4) is 0 Å². The number of nitrogens with zero attached hydrogens (tertiary/aromatic N) is 1. The van der Waals surface area contributed by atoms with Gasteiger partial charge in [-0.2, -0.15) is 0 Å². The molecule has 40 heavy (non-hydrogen) atoms. The molecule has 0 aliphatic rings. The Balaban J connectivity index is 1.18. The van der Waals surface area contributed by atoms with Crippen LogP contribution in [-0.4, -0.2) is 4.57 Å². The first-order chi connectivity index (χ1) is 19.6. The number of aryl methyl sites for hydroxylation is 2. The van der Waals surface area contributed by atoms with Crippen LogP contribution in [0.15, 0.2) is 127 Å². The molecule has 6 aromatic carbocycles. The highest BCUT2D eigenvalue weighted by Crippen LogP contribution is 2.40. The Labute approximate surface area is 237 Å². The Kier molecular flexibility index (Phi) is 5.20. The molecule has 2 aromatic heterocycles. The van der Waals surface area contributed by atoms with Gasteiger partial charge in [-0.15, -0.1) is 11.3 Å². The molecule has 0 unspecified atom stereocenters. The minimum absolute atomic E-state index is 1.18. The number of hydrogen-bond acceptors (Lipinski definition) is 1. The maximum absolute atomic E-state index is 2.39. The van der Waals surface area contributed by atoms with Crippen LogP contribution in [0.2, 0.25) is 0 Å². The molecule has 2 heteroatoms. The topological polar surface area (TPSA) is 4.93 Å². The largest absolute Gasteiger partial charge is 0.309 e. The van der Waals surface area contributed by atoms with E-state index >= 15 is 0 Å². The third-order valence-corrected chi connectivity index (χ3v) is 9.27. The monoisotopic (exact) mass is 529 g/mol. The average Bonchev–Trinajstić information content (AvgIpc) is 3.52. The molecule has 0 aliphatic carbocycles. The molecule has 0 radical (unpaired) electrons. The Morgan fingerprint density at radius 1 is 0.475 bits per heavy atom.